The Hall–Kier alpha value is -1.42. The van der Waals surface area contributed by atoms with Crippen LogP contribution < -0.4 is 4.40 Å². The molecule has 0 unspecified atom stereocenters. The molecule has 3 rings (SSSR count). The number of H-pyrrole nitrogens is 1. The minimum absolute atomic E-state index is 1.09. The van der Waals surface area contributed by atoms with Crippen LogP contribution >= 0.6 is 11.3 Å². The van der Waals surface area contributed by atoms with Crippen molar-refractivity contribution in [1.29, 1.82) is 0 Å². The van der Waals surface area contributed by atoms with Gasteiger partial charge in [-0.15, -0.1) is 5.10 Å². The number of rotatable bonds is 0. The van der Waals surface area contributed by atoms with Crippen molar-refractivity contribution in [3.05, 3.63) is 30.1 Å². The van der Waals surface area contributed by atoms with E-state index in [2.05, 4.69) is 39.7 Å². The average molecular weight is 190 g/mol. The maximum atomic E-state index is 4.00. The molecule has 3 nitrogen and oxygen atoms in total. The van der Waals surface area contributed by atoms with Crippen LogP contribution in [0.2, 0.25) is 0 Å². The molecule has 1 N–H and O–H groups in total. The molecule has 0 fully saturated rings. The van der Waals surface area contributed by atoms with Gasteiger partial charge in [-0.25, -0.2) is 0 Å². The molecule has 1 aromatic carbocycles. The Bertz CT molecular complexity index is 579. The van der Waals surface area contributed by atoms with Crippen molar-refractivity contribution >= 4 is 26.5 Å². The maximum absolute atomic E-state index is 4.00. The first-order valence-electron chi connectivity index (χ1n) is 4.09. The van der Waals surface area contributed by atoms with E-state index >= 15 is 0 Å². The lowest BCUT2D eigenvalue weighted by Gasteiger charge is -1.90. The van der Waals surface area contributed by atoms with Gasteiger partial charge in [-0.3, -0.25) is 0 Å². The third kappa shape index (κ3) is 0.833. The lowest BCUT2D eigenvalue weighted by molar-refractivity contribution is -0.478. The van der Waals surface area contributed by atoms with E-state index in [-0.39, 0.29) is 0 Å². The first kappa shape index (κ1) is 7.03. The summed E-state index contributed by atoms with van der Waals surface area (Å²) in [5.74, 6) is 0. The van der Waals surface area contributed by atoms with E-state index in [1.807, 2.05) is 6.33 Å². The molecule has 0 radical (unpaired) electrons. The van der Waals surface area contributed by atoms with Crippen LogP contribution in [-0.4, -0.2) is 10.2 Å². The molecule has 0 spiro atoms. The highest BCUT2D eigenvalue weighted by Gasteiger charge is 2.12. The zero-order valence-corrected chi connectivity index (χ0v) is 7.93. The van der Waals surface area contributed by atoms with Gasteiger partial charge < -0.3 is 0 Å². The molecule has 2 aromatic heterocycles. The molecule has 64 valence electrons. The Morgan fingerprint density at radius 2 is 2.38 bits per heavy atom. The number of aromatic amines is 1. The molecule has 0 aliphatic carbocycles. The van der Waals surface area contributed by atoms with Gasteiger partial charge in [0.25, 0.3) is 6.33 Å². The monoisotopic (exact) mass is 190 g/mol. The van der Waals surface area contributed by atoms with Crippen LogP contribution in [0.15, 0.2) is 24.5 Å². The molecule has 0 atom stereocenters. The Balaban J connectivity index is 2.68. The fourth-order valence-corrected chi connectivity index (χ4v) is 2.65. The summed E-state index contributed by atoms with van der Waals surface area (Å²) in [4.78, 5) is 1.09. The van der Waals surface area contributed by atoms with Gasteiger partial charge >= 0.3 is 4.96 Å². The number of aromatic nitrogens is 3. The summed E-state index contributed by atoms with van der Waals surface area (Å²) >= 11 is 1.73. The standard InChI is InChI=1S/C9H7N3S/c1-6-3-2-4-7-8(6)12-5-10-11-9(12)13-7/h2-5H,1H3/p+1. The minimum Gasteiger partial charge on any atom is -0.186 e. The SMILES string of the molecule is Cc1cccc2sc3[nH]nc[n+]3c12. The van der Waals surface area contributed by atoms with Gasteiger partial charge in [0.05, 0.1) is 4.70 Å². The van der Waals surface area contributed by atoms with Crippen molar-refractivity contribution in [3.63, 3.8) is 0 Å². The molecule has 0 amide bonds. The van der Waals surface area contributed by atoms with Gasteiger partial charge in [0, 0.05) is 5.10 Å². The van der Waals surface area contributed by atoms with E-state index in [9.17, 15) is 0 Å². The number of hydrogen-bond donors (Lipinski definition) is 1. The van der Waals surface area contributed by atoms with Crippen LogP contribution in [0.4, 0.5) is 0 Å². The highest BCUT2D eigenvalue weighted by Crippen LogP contribution is 2.21. The molecule has 0 aliphatic rings. The second-order valence-corrected chi connectivity index (χ2v) is 4.09. The topological polar surface area (TPSA) is 32.8 Å². The second-order valence-electron chi connectivity index (χ2n) is 3.06. The predicted octanol–water partition coefficient (Wildman–Crippen LogP) is 1.67. The van der Waals surface area contributed by atoms with Crippen molar-refractivity contribution in [1.82, 2.24) is 10.2 Å². The summed E-state index contributed by atoms with van der Waals surface area (Å²) in [6.07, 6.45) is 1.82. The molecular formula is C9H8N3S+. The van der Waals surface area contributed by atoms with Crippen LogP contribution in [0.1, 0.15) is 5.56 Å². The van der Waals surface area contributed by atoms with Crippen LogP contribution in [0.5, 0.6) is 0 Å². The van der Waals surface area contributed by atoms with Crippen molar-refractivity contribution < 1.29 is 4.40 Å². The van der Waals surface area contributed by atoms with Crippen molar-refractivity contribution in [2.75, 3.05) is 0 Å². The van der Waals surface area contributed by atoms with E-state index in [4.69, 9.17) is 0 Å². The molecule has 0 saturated heterocycles. The highest BCUT2D eigenvalue weighted by molar-refractivity contribution is 7.22. The van der Waals surface area contributed by atoms with Gasteiger partial charge in [0.15, 0.2) is 0 Å². The zero-order valence-electron chi connectivity index (χ0n) is 7.11. The summed E-state index contributed by atoms with van der Waals surface area (Å²) in [5.41, 5.74) is 2.55. The normalized spacial score (nSPS) is 11.5. The van der Waals surface area contributed by atoms with Gasteiger partial charge in [-0.2, -0.15) is 4.40 Å². The molecule has 4 heteroatoms. The summed E-state index contributed by atoms with van der Waals surface area (Å²) in [6.45, 7) is 2.12. The Labute approximate surface area is 78.6 Å². The number of thiazole rings is 1. The molecule has 0 bridgehead atoms. The molecule has 0 aliphatic heterocycles. The quantitative estimate of drug-likeness (QED) is 0.537. The Morgan fingerprint density at radius 3 is 3.31 bits per heavy atom. The number of nitrogens with zero attached hydrogens (tertiary/aromatic N) is 2. The first-order valence-corrected chi connectivity index (χ1v) is 4.91. The number of hydrogen-bond acceptors (Lipinski definition) is 2. The molecule has 0 saturated carbocycles. The Kier molecular flexibility index (Phi) is 1.24. The van der Waals surface area contributed by atoms with Crippen molar-refractivity contribution in [2.45, 2.75) is 6.92 Å². The van der Waals surface area contributed by atoms with Gasteiger partial charge in [0.2, 0.25) is 0 Å². The molecule has 13 heavy (non-hydrogen) atoms. The largest absolute Gasteiger partial charge is 0.321 e. The van der Waals surface area contributed by atoms with Crippen LogP contribution in [0.3, 0.4) is 0 Å². The average Bonchev–Trinajstić information content (AvgIpc) is 2.62. The number of aryl methyl sites for hydroxylation is 1. The number of fused-ring (bicyclic) bond motifs is 3. The fraction of sp³-hybridized carbons (Fsp3) is 0.111. The fourth-order valence-electron chi connectivity index (χ4n) is 1.61. The summed E-state index contributed by atoms with van der Waals surface area (Å²) < 4.78 is 3.39. The van der Waals surface area contributed by atoms with E-state index in [0.717, 1.165) is 4.96 Å². The van der Waals surface area contributed by atoms with E-state index < -0.39 is 0 Å². The van der Waals surface area contributed by atoms with E-state index in [1.165, 1.54) is 15.8 Å². The van der Waals surface area contributed by atoms with Crippen LogP contribution in [0.25, 0.3) is 15.2 Å². The molecule has 2 heterocycles. The predicted molar refractivity (Wildman–Crippen MR) is 51.9 cm³/mol. The van der Waals surface area contributed by atoms with Crippen LogP contribution in [-0.2, 0) is 0 Å². The van der Waals surface area contributed by atoms with E-state index in [1.54, 1.807) is 11.3 Å². The third-order valence-corrected chi connectivity index (χ3v) is 3.23. The van der Waals surface area contributed by atoms with Crippen molar-refractivity contribution in [3.8, 4) is 0 Å². The third-order valence-electron chi connectivity index (χ3n) is 2.20. The summed E-state index contributed by atoms with van der Waals surface area (Å²) in [5, 5.41) is 6.97. The summed E-state index contributed by atoms with van der Waals surface area (Å²) in [7, 11) is 0. The maximum Gasteiger partial charge on any atom is 0.321 e. The number of nitrogens with one attached hydrogen (secondary N) is 1. The minimum atomic E-state index is 1.09. The lowest BCUT2D eigenvalue weighted by atomic mass is 10.2. The lowest BCUT2D eigenvalue weighted by Crippen LogP contribution is -2.15. The molecule has 3 aromatic rings. The number of para-hydroxylation sites is 1. The van der Waals surface area contributed by atoms with Gasteiger partial charge in [-0.05, 0) is 18.6 Å². The van der Waals surface area contributed by atoms with E-state index in [0.29, 0.717) is 0 Å². The number of benzene rings is 1. The smallest absolute Gasteiger partial charge is 0.186 e. The van der Waals surface area contributed by atoms with Gasteiger partial charge in [0.1, 0.15) is 5.52 Å². The summed E-state index contributed by atoms with van der Waals surface area (Å²) in [6, 6.07) is 6.34. The van der Waals surface area contributed by atoms with Crippen molar-refractivity contribution in [2.24, 2.45) is 0 Å². The Morgan fingerprint density at radius 1 is 1.46 bits per heavy atom. The van der Waals surface area contributed by atoms with Crippen LogP contribution in [0, 0.1) is 6.92 Å². The zero-order chi connectivity index (χ0) is 8.84. The second kappa shape index (κ2) is 2.29. The highest BCUT2D eigenvalue weighted by atomic mass is 32.1. The molecular weight excluding hydrogens is 182 g/mol. The van der Waals surface area contributed by atoms with Gasteiger partial charge in [-0.1, -0.05) is 23.5 Å². The first-order chi connectivity index (χ1) is 6.36.